The molecule has 0 radical (unpaired) electrons. The Morgan fingerprint density at radius 2 is 2.15 bits per heavy atom. The number of fused-ring (bicyclic) bond motifs is 1. The molecular weight excluding hydrogens is 166 g/mol. The molecule has 0 bridgehead atoms. The number of carbonyl (C=O) groups is 1. The fraction of sp³-hybridized carbons (Fsp3) is 0.300. The molecule has 0 saturated heterocycles. The van der Waals surface area contributed by atoms with Gasteiger partial charge in [-0.05, 0) is 13.0 Å². The lowest BCUT2D eigenvalue weighted by molar-refractivity contribution is -0.125. The topological polar surface area (TPSA) is 40.5 Å². The van der Waals surface area contributed by atoms with Gasteiger partial charge in [0.25, 0.3) is 5.91 Å². The summed E-state index contributed by atoms with van der Waals surface area (Å²) in [5.74, 6) is -0.219. The summed E-state index contributed by atoms with van der Waals surface area (Å²) in [5.41, 5.74) is 1.55. The number of aliphatic hydroxyl groups is 1. The van der Waals surface area contributed by atoms with E-state index in [9.17, 15) is 9.90 Å². The Balaban J connectivity index is 2.53. The molecule has 3 nitrogen and oxygen atoms in total. The van der Waals surface area contributed by atoms with Gasteiger partial charge in [-0.1, -0.05) is 18.2 Å². The van der Waals surface area contributed by atoms with Crippen molar-refractivity contribution in [3.63, 3.8) is 0 Å². The molecule has 0 fully saturated rings. The quantitative estimate of drug-likeness (QED) is 0.697. The van der Waals surface area contributed by atoms with Gasteiger partial charge in [0.05, 0.1) is 5.69 Å². The van der Waals surface area contributed by atoms with Gasteiger partial charge < -0.3 is 10.0 Å². The maximum Gasteiger partial charge on any atom is 0.260 e. The molecule has 1 atom stereocenters. The molecule has 2 rings (SSSR count). The molecule has 0 unspecified atom stereocenters. The van der Waals surface area contributed by atoms with Crippen LogP contribution in [0.4, 0.5) is 5.69 Å². The van der Waals surface area contributed by atoms with Gasteiger partial charge >= 0.3 is 0 Å². The third-order valence-electron chi connectivity index (χ3n) is 2.34. The van der Waals surface area contributed by atoms with Crippen LogP contribution in [0.3, 0.4) is 0 Å². The van der Waals surface area contributed by atoms with E-state index in [1.54, 1.807) is 11.0 Å². The molecule has 1 amide bonds. The number of likely N-dealkylation sites (N-methyl/N-ethyl adjacent to an activating group) is 1. The van der Waals surface area contributed by atoms with Crippen LogP contribution in [0.1, 0.15) is 18.6 Å². The van der Waals surface area contributed by atoms with Gasteiger partial charge in [0, 0.05) is 12.1 Å². The Morgan fingerprint density at radius 1 is 1.46 bits per heavy atom. The third-order valence-corrected chi connectivity index (χ3v) is 2.34. The maximum absolute atomic E-state index is 11.5. The maximum atomic E-state index is 11.5. The van der Waals surface area contributed by atoms with Crippen molar-refractivity contribution in [2.75, 3.05) is 11.4 Å². The molecule has 1 aliphatic rings. The predicted octanol–water partition coefficient (Wildman–Crippen LogP) is 1.09. The molecule has 0 aromatic heterocycles. The van der Waals surface area contributed by atoms with E-state index < -0.39 is 6.10 Å². The number of nitrogens with zero attached hydrogens (tertiary/aromatic N) is 1. The van der Waals surface area contributed by atoms with Crippen molar-refractivity contribution < 1.29 is 9.90 Å². The Kier molecular flexibility index (Phi) is 1.81. The predicted molar refractivity (Wildman–Crippen MR) is 49.4 cm³/mol. The molecule has 1 aromatic rings. The number of hydrogen-bond donors (Lipinski definition) is 1. The first-order valence-electron chi connectivity index (χ1n) is 4.34. The standard InChI is InChI=1S/C10H11NO2/c1-2-11-8-6-4-3-5-7(8)9(12)10(11)13/h3-6,9,12H,2H2,1H3/t9-/m1/s1. The van der Waals surface area contributed by atoms with Crippen LogP contribution in [0.2, 0.25) is 0 Å². The Hall–Kier alpha value is -1.35. The zero-order valence-corrected chi connectivity index (χ0v) is 7.40. The van der Waals surface area contributed by atoms with E-state index in [1.165, 1.54) is 0 Å². The van der Waals surface area contributed by atoms with Gasteiger partial charge in [0.2, 0.25) is 0 Å². The molecule has 0 aliphatic carbocycles. The van der Waals surface area contributed by atoms with Crippen LogP contribution in [0.15, 0.2) is 24.3 Å². The lowest BCUT2D eigenvalue weighted by Crippen LogP contribution is -2.28. The minimum absolute atomic E-state index is 0.219. The third kappa shape index (κ3) is 1.04. The van der Waals surface area contributed by atoms with Crippen LogP contribution in [-0.2, 0) is 4.79 Å². The lowest BCUT2D eigenvalue weighted by Gasteiger charge is -2.13. The summed E-state index contributed by atoms with van der Waals surface area (Å²) in [6.07, 6.45) is -0.962. The number of aliphatic hydroxyl groups excluding tert-OH is 1. The van der Waals surface area contributed by atoms with E-state index in [1.807, 2.05) is 25.1 Å². The van der Waals surface area contributed by atoms with Crippen molar-refractivity contribution in [3.8, 4) is 0 Å². The van der Waals surface area contributed by atoms with E-state index in [0.29, 0.717) is 12.1 Å². The van der Waals surface area contributed by atoms with Crippen molar-refractivity contribution in [3.05, 3.63) is 29.8 Å². The molecule has 3 heteroatoms. The average molecular weight is 177 g/mol. The fourth-order valence-corrected chi connectivity index (χ4v) is 1.69. The van der Waals surface area contributed by atoms with Crippen LogP contribution < -0.4 is 4.90 Å². The number of benzene rings is 1. The second kappa shape index (κ2) is 2.85. The van der Waals surface area contributed by atoms with Gasteiger partial charge in [-0.25, -0.2) is 0 Å². The van der Waals surface area contributed by atoms with Crippen molar-refractivity contribution >= 4 is 11.6 Å². The van der Waals surface area contributed by atoms with Crippen molar-refractivity contribution in [2.24, 2.45) is 0 Å². The van der Waals surface area contributed by atoms with Gasteiger partial charge in [-0.3, -0.25) is 4.79 Å². The van der Waals surface area contributed by atoms with Crippen LogP contribution >= 0.6 is 0 Å². The Bertz CT molecular complexity index is 349. The van der Waals surface area contributed by atoms with Crippen LogP contribution in [0, 0.1) is 0 Å². The summed E-state index contributed by atoms with van der Waals surface area (Å²) in [6.45, 7) is 2.50. The highest BCUT2D eigenvalue weighted by molar-refractivity contribution is 6.03. The first-order valence-corrected chi connectivity index (χ1v) is 4.34. The normalized spacial score (nSPS) is 20.6. The highest BCUT2D eigenvalue weighted by atomic mass is 16.3. The molecule has 0 spiro atoms. The number of anilines is 1. The summed E-state index contributed by atoms with van der Waals surface area (Å²) in [5, 5.41) is 9.56. The summed E-state index contributed by atoms with van der Waals surface area (Å²) in [6, 6.07) is 7.34. The number of amides is 1. The summed E-state index contributed by atoms with van der Waals surface area (Å²) in [4.78, 5) is 13.1. The second-order valence-electron chi connectivity index (χ2n) is 3.04. The van der Waals surface area contributed by atoms with Gasteiger partial charge in [-0.15, -0.1) is 0 Å². The van der Waals surface area contributed by atoms with Crippen molar-refractivity contribution in [2.45, 2.75) is 13.0 Å². The first kappa shape index (κ1) is 8.26. The van der Waals surface area contributed by atoms with Crippen LogP contribution in [-0.4, -0.2) is 17.6 Å². The zero-order valence-electron chi connectivity index (χ0n) is 7.40. The second-order valence-corrected chi connectivity index (χ2v) is 3.04. The minimum atomic E-state index is -0.962. The molecule has 1 heterocycles. The van der Waals surface area contributed by atoms with E-state index in [4.69, 9.17) is 0 Å². The van der Waals surface area contributed by atoms with Crippen LogP contribution in [0.25, 0.3) is 0 Å². The summed E-state index contributed by atoms with van der Waals surface area (Å²) < 4.78 is 0. The van der Waals surface area contributed by atoms with Gasteiger partial charge in [0.1, 0.15) is 0 Å². The van der Waals surface area contributed by atoms with Crippen molar-refractivity contribution in [1.29, 1.82) is 0 Å². The highest BCUT2D eigenvalue weighted by Gasteiger charge is 2.34. The monoisotopic (exact) mass is 177 g/mol. The van der Waals surface area contributed by atoms with Crippen LogP contribution in [0.5, 0.6) is 0 Å². The van der Waals surface area contributed by atoms with Crippen molar-refractivity contribution in [1.82, 2.24) is 0 Å². The average Bonchev–Trinajstić information content (AvgIpc) is 2.41. The minimum Gasteiger partial charge on any atom is -0.378 e. The van der Waals surface area contributed by atoms with Gasteiger partial charge in [0.15, 0.2) is 6.10 Å². The van der Waals surface area contributed by atoms with E-state index >= 15 is 0 Å². The highest BCUT2D eigenvalue weighted by Crippen LogP contribution is 2.34. The summed E-state index contributed by atoms with van der Waals surface area (Å²) in [7, 11) is 0. The zero-order chi connectivity index (χ0) is 9.42. The molecule has 1 aromatic carbocycles. The van der Waals surface area contributed by atoms with E-state index in [-0.39, 0.29) is 5.91 Å². The molecule has 13 heavy (non-hydrogen) atoms. The number of para-hydroxylation sites is 1. The lowest BCUT2D eigenvalue weighted by atomic mass is 10.1. The molecular formula is C10H11NO2. The Morgan fingerprint density at radius 3 is 2.85 bits per heavy atom. The first-order chi connectivity index (χ1) is 6.25. The van der Waals surface area contributed by atoms with Gasteiger partial charge in [-0.2, -0.15) is 0 Å². The van der Waals surface area contributed by atoms with E-state index in [2.05, 4.69) is 0 Å². The molecule has 68 valence electrons. The SMILES string of the molecule is CCN1C(=O)[C@H](O)c2ccccc21. The van der Waals surface area contributed by atoms with E-state index in [0.717, 1.165) is 5.69 Å². The Labute approximate surface area is 76.6 Å². The molecule has 1 aliphatic heterocycles. The summed E-state index contributed by atoms with van der Waals surface area (Å²) >= 11 is 0. The molecule has 0 saturated carbocycles. The number of hydrogen-bond acceptors (Lipinski definition) is 2. The largest absolute Gasteiger partial charge is 0.378 e. The number of carbonyl (C=O) groups excluding carboxylic acids is 1. The fourth-order valence-electron chi connectivity index (χ4n) is 1.69. The number of rotatable bonds is 1. The smallest absolute Gasteiger partial charge is 0.260 e. The molecule has 1 N–H and O–H groups in total.